The van der Waals surface area contributed by atoms with Gasteiger partial charge in [-0.2, -0.15) is 0 Å². The van der Waals surface area contributed by atoms with Gasteiger partial charge in [-0.05, 0) is 40.0 Å². The van der Waals surface area contributed by atoms with Crippen LogP contribution < -0.4 is 5.32 Å². The average molecular weight is 338 g/mol. The number of piperidine rings is 1. The molecule has 1 spiro atoms. The van der Waals surface area contributed by atoms with Gasteiger partial charge in [0.25, 0.3) is 5.91 Å². The molecule has 0 aromatic rings. The van der Waals surface area contributed by atoms with Crippen molar-refractivity contribution in [3.63, 3.8) is 0 Å². The second-order valence-electron chi connectivity index (χ2n) is 8.41. The molecular weight excluding hydrogens is 302 g/mol. The summed E-state index contributed by atoms with van der Waals surface area (Å²) in [6, 6.07) is 0.111. The lowest BCUT2D eigenvalue weighted by Gasteiger charge is -2.47. The molecule has 1 N–H and O–H groups in total. The Morgan fingerprint density at radius 3 is 2.38 bits per heavy atom. The zero-order valence-corrected chi connectivity index (χ0v) is 16.2. The SMILES string of the molecule is CCCCCCCCN1C(=O)N(C)C2(CC(C)NC(C)(C)C2)C1=O. The lowest BCUT2D eigenvalue weighted by atomic mass is 9.74. The molecule has 0 aliphatic carbocycles. The molecule has 2 aliphatic rings. The van der Waals surface area contributed by atoms with Crippen LogP contribution >= 0.6 is 0 Å². The summed E-state index contributed by atoms with van der Waals surface area (Å²) in [5, 5.41) is 3.54. The van der Waals surface area contributed by atoms with E-state index in [-0.39, 0.29) is 23.5 Å². The van der Waals surface area contributed by atoms with E-state index in [9.17, 15) is 9.59 Å². The predicted molar refractivity (Wildman–Crippen MR) is 96.9 cm³/mol. The van der Waals surface area contributed by atoms with Crippen molar-refractivity contribution in [2.75, 3.05) is 13.6 Å². The quantitative estimate of drug-likeness (QED) is 0.571. The highest BCUT2D eigenvalue weighted by Gasteiger charge is 2.59. The maximum atomic E-state index is 13.1. The highest BCUT2D eigenvalue weighted by atomic mass is 16.2. The third-order valence-corrected chi connectivity index (χ3v) is 5.55. The predicted octanol–water partition coefficient (Wildman–Crippen LogP) is 3.53. The van der Waals surface area contributed by atoms with E-state index in [2.05, 4.69) is 33.0 Å². The molecular formula is C19H35N3O2. The molecule has 0 saturated carbocycles. The van der Waals surface area contributed by atoms with E-state index in [1.807, 2.05) is 0 Å². The maximum Gasteiger partial charge on any atom is 0.327 e. The number of rotatable bonds is 7. The molecule has 2 fully saturated rings. The summed E-state index contributed by atoms with van der Waals surface area (Å²) in [6.07, 6.45) is 8.34. The number of carbonyl (C=O) groups is 2. The van der Waals surface area contributed by atoms with E-state index >= 15 is 0 Å². The van der Waals surface area contributed by atoms with Crippen molar-refractivity contribution >= 4 is 11.9 Å². The summed E-state index contributed by atoms with van der Waals surface area (Å²) in [5.41, 5.74) is -0.800. The van der Waals surface area contributed by atoms with Gasteiger partial charge in [-0.1, -0.05) is 39.0 Å². The molecule has 24 heavy (non-hydrogen) atoms. The van der Waals surface area contributed by atoms with Crippen LogP contribution in [0.1, 0.15) is 79.1 Å². The Morgan fingerprint density at radius 1 is 1.12 bits per heavy atom. The Hall–Kier alpha value is -1.10. The average Bonchev–Trinajstić information content (AvgIpc) is 2.64. The van der Waals surface area contributed by atoms with Crippen LogP contribution in [0.3, 0.4) is 0 Å². The van der Waals surface area contributed by atoms with E-state index in [4.69, 9.17) is 0 Å². The molecule has 2 unspecified atom stereocenters. The highest BCUT2D eigenvalue weighted by Crippen LogP contribution is 2.41. The second kappa shape index (κ2) is 7.42. The minimum atomic E-state index is -0.659. The summed E-state index contributed by atoms with van der Waals surface area (Å²) in [5.74, 6) is 0.0185. The van der Waals surface area contributed by atoms with Crippen molar-refractivity contribution < 1.29 is 9.59 Å². The number of carbonyl (C=O) groups excluding carboxylic acids is 2. The first-order valence-electron chi connectivity index (χ1n) is 9.61. The van der Waals surface area contributed by atoms with Crippen molar-refractivity contribution in [3.05, 3.63) is 0 Å². The molecule has 2 heterocycles. The van der Waals surface area contributed by atoms with Gasteiger partial charge < -0.3 is 10.2 Å². The first kappa shape index (κ1) is 19.2. The summed E-state index contributed by atoms with van der Waals surface area (Å²) < 4.78 is 0. The number of likely N-dealkylation sites (N-methyl/N-ethyl adjacent to an activating group) is 1. The number of hydrogen-bond acceptors (Lipinski definition) is 3. The summed E-state index contributed by atoms with van der Waals surface area (Å²) in [7, 11) is 1.80. The van der Waals surface area contributed by atoms with Crippen molar-refractivity contribution in [2.45, 2.75) is 96.2 Å². The van der Waals surface area contributed by atoms with Crippen LogP contribution in [0.2, 0.25) is 0 Å². The van der Waals surface area contributed by atoms with Gasteiger partial charge in [-0.15, -0.1) is 0 Å². The molecule has 0 bridgehead atoms. The Morgan fingerprint density at radius 2 is 1.75 bits per heavy atom. The summed E-state index contributed by atoms with van der Waals surface area (Å²) >= 11 is 0. The smallest absolute Gasteiger partial charge is 0.312 e. The molecule has 5 nitrogen and oxygen atoms in total. The molecule has 0 aromatic heterocycles. The fourth-order valence-corrected chi connectivity index (χ4v) is 4.59. The van der Waals surface area contributed by atoms with E-state index in [0.717, 1.165) is 12.8 Å². The van der Waals surface area contributed by atoms with E-state index in [1.165, 1.54) is 30.6 Å². The molecule has 0 aromatic carbocycles. The number of imide groups is 1. The van der Waals surface area contributed by atoms with Crippen LogP contribution in [0.25, 0.3) is 0 Å². The van der Waals surface area contributed by atoms with Crippen molar-refractivity contribution in [1.29, 1.82) is 0 Å². The van der Waals surface area contributed by atoms with Gasteiger partial charge in [0.2, 0.25) is 0 Å². The maximum absolute atomic E-state index is 13.1. The largest absolute Gasteiger partial charge is 0.327 e. The summed E-state index contributed by atoms with van der Waals surface area (Å²) in [4.78, 5) is 29.0. The van der Waals surface area contributed by atoms with Gasteiger partial charge in [0.05, 0.1) is 0 Å². The Bertz CT molecular complexity index is 477. The van der Waals surface area contributed by atoms with Crippen molar-refractivity contribution in [2.24, 2.45) is 0 Å². The van der Waals surface area contributed by atoms with Crippen molar-refractivity contribution in [1.82, 2.24) is 15.1 Å². The number of unbranched alkanes of at least 4 members (excludes halogenated alkanes) is 5. The van der Waals surface area contributed by atoms with Crippen molar-refractivity contribution in [3.8, 4) is 0 Å². The normalized spacial score (nSPS) is 29.8. The zero-order valence-electron chi connectivity index (χ0n) is 16.2. The van der Waals surface area contributed by atoms with E-state index < -0.39 is 5.54 Å². The third-order valence-electron chi connectivity index (χ3n) is 5.55. The molecule has 5 heteroatoms. The number of hydrogen-bond donors (Lipinski definition) is 1. The Labute approximate surface area is 147 Å². The molecule has 2 aliphatic heterocycles. The van der Waals surface area contributed by atoms with Crippen LogP contribution in [0.15, 0.2) is 0 Å². The molecule has 2 atom stereocenters. The van der Waals surface area contributed by atoms with Crippen LogP contribution in [0.4, 0.5) is 4.79 Å². The third kappa shape index (κ3) is 3.76. The van der Waals surface area contributed by atoms with Crippen LogP contribution in [-0.4, -0.2) is 52.5 Å². The topological polar surface area (TPSA) is 52.7 Å². The minimum absolute atomic E-state index is 0.0185. The van der Waals surface area contributed by atoms with E-state index in [0.29, 0.717) is 19.4 Å². The monoisotopic (exact) mass is 337 g/mol. The standard InChI is InChI=1S/C19H35N3O2/c1-6-7-8-9-10-11-12-22-16(23)19(21(5)17(22)24)13-15(2)20-18(3,4)14-19/h15,20H,6-14H2,1-5H3. The lowest BCUT2D eigenvalue weighted by Crippen LogP contribution is -2.64. The van der Waals surface area contributed by atoms with Gasteiger partial charge in [0.1, 0.15) is 5.54 Å². The number of nitrogens with zero attached hydrogens (tertiary/aromatic N) is 2. The first-order chi connectivity index (χ1) is 11.2. The van der Waals surface area contributed by atoms with Gasteiger partial charge in [-0.3, -0.25) is 9.69 Å². The minimum Gasteiger partial charge on any atom is -0.312 e. The van der Waals surface area contributed by atoms with Gasteiger partial charge in [0, 0.05) is 25.2 Å². The highest BCUT2D eigenvalue weighted by molar-refractivity contribution is 6.07. The van der Waals surface area contributed by atoms with Crippen LogP contribution in [0, 0.1) is 0 Å². The number of nitrogens with one attached hydrogen (secondary N) is 1. The van der Waals surface area contributed by atoms with Crippen LogP contribution in [0.5, 0.6) is 0 Å². The number of amides is 3. The second-order valence-corrected chi connectivity index (χ2v) is 8.41. The number of urea groups is 1. The van der Waals surface area contributed by atoms with Gasteiger partial charge in [-0.25, -0.2) is 4.79 Å². The molecule has 2 saturated heterocycles. The van der Waals surface area contributed by atoms with Crippen LogP contribution in [-0.2, 0) is 4.79 Å². The van der Waals surface area contributed by atoms with E-state index in [1.54, 1.807) is 11.9 Å². The summed E-state index contributed by atoms with van der Waals surface area (Å²) in [6.45, 7) is 9.11. The Kier molecular flexibility index (Phi) is 5.95. The zero-order chi connectivity index (χ0) is 18.0. The molecule has 138 valence electrons. The van der Waals surface area contributed by atoms with Gasteiger partial charge >= 0.3 is 6.03 Å². The Balaban J connectivity index is 2.01. The fourth-order valence-electron chi connectivity index (χ4n) is 4.59. The molecule has 0 radical (unpaired) electrons. The molecule has 2 rings (SSSR count). The van der Waals surface area contributed by atoms with Gasteiger partial charge in [0.15, 0.2) is 0 Å². The fraction of sp³-hybridized carbons (Fsp3) is 0.895. The first-order valence-corrected chi connectivity index (χ1v) is 9.61. The lowest BCUT2D eigenvalue weighted by molar-refractivity contribution is -0.136. The molecule has 3 amide bonds.